The second-order valence-electron chi connectivity index (χ2n) is 6.22. The fourth-order valence-electron chi connectivity index (χ4n) is 2.66. The molecule has 0 bridgehead atoms. The van der Waals surface area contributed by atoms with Crippen LogP contribution < -0.4 is 5.43 Å². The van der Waals surface area contributed by atoms with Crippen LogP contribution in [0.1, 0.15) is 16.7 Å². The number of nitrogens with zero attached hydrogens (tertiary/aromatic N) is 1. The largest absolute Gasteiger partial charge is 0.506 e. The van der Waals surface area contributed by atoms with Crippen molar-refractivity contribution in [2.75, 3.05) is 0 Å². The van der Waals surface area contributed by atoms with Gasteiger partial charge in [0.25, 0.3) is 0 Å². The zero-order chi connectivity index (χ0) is 20.3. The van der Waals surface area contributed by atoms with E-state index < -0.39 is 11.7 Å². The minimum absolute atomic E-state index is 0.00110. The molecule has 0 fully saturated rings. The van der Waals surface area contributed by atoms with E-state index >= 15 is 0 Å². The number of rotatable bonds is 5. The number of hydrazone groups is 1. The van der Waals surface area contributed by atoms with Crippen LogP contribution in [-0.2, 0) is 16.0 Å². The molecular weight excluding hydrogens is 488 g/mol. The zero-order valence-electron chi connectivity index (χ0n) is 14.9. The van der Waals surface area contributed by atoms with Gasteiger partial charge in [-0.15, -0.1) is 0 Å². The van der Waals surface area contributed by atoms with Crippen molar-refractivity contribution in [3.8, 4) is 5.75 Å². The van der Waals surface area contributed by atoms with Crippen molar-refractivity contribution >= 4 is 60.5 Å². The van der Waals surface area contributed by atoms with E-state index in [-0.39, 0.29) is 12.2 Å². The van der Waals surface area contributed by atoms with Gasteiger partial charge in [-0.2, -0.15) is 5.10 Å². The van der Waals surface area contributed by atoms with Crippen LogP contribution in [0.2, 0.25) is 0 Å². The Hall–Kier alpha value is -2.51. The van der Waals surface area contributed by atoms with E-state index in [9.17, 15) is 14.7 Å². The van der Waals surface area contributed by atoms with Crippen molar-refractivity contribution in [2.24, 2.45) is 5.10 Å². The minimum Gasteiger partial charge on any atom is -0.506 e. The molecule has 0 aliphatic carbocycles. The molecule has 0 aliphatic rings. The SMILES string of the molecule is Cc1c(Br)cc(/C=N\NC(=O)C(=O)Cc2ccc3ccccc3c2)c(O)c1Br. The van der Waals surface area contributed by atoms with Crippen LogP contribution in [0.4, 0.5) is 0 Å². The lowest BCUT2D eigenvalue weighted by molar-refractivity contribution is -0.137. The average molecular weight is 504 g/mol. The molecule has 0 saturated carbocycles. The van der Waals surface area contributed by atoms with E-state index in [1.807, 2.05) is 49.4 Å². The minimum atomic E-state index is -0.811. The number of carbonyl (C=O) groups is 2. The maximum Gasteiger partial charge on any atom is 0.307 e. The maximum atomic E-state index is 12.2. The number of carbonyl (C=O) groups excluding carboxylic acids is 2. The first-order valence-corrected chi connectivity index (χ1v) is 9.97. The van der Waals surface area contributed by atoms with E-state index in [4.69, 9.17) is 0 Å². The number of ketones is 1. The standard InChI is InChI=1S/C21H16Br2N2O3/c1-12-17(22)10-16(20(27)19(12)23)11-24-25-21(28)18(26)9-13-6-7-14-4-2-3-5-15(14)8-13/h2-8,10-11,27H,9H2,1H3,(H,25,28)/b24-11-. The quantitative estimate of drug-likeness (QED) is 0.302. The van der Waals surface area contributed by atoms with Gasteiger partial charge in [0.2, 0.25) is 5.78 Å². The molecule has 0 aromatic heterocycles. The number of benzene rings is 3. The molecule has 3 aromatic carbocycles. The summed E-state index contributed by atoms with van der Waals surface area (Å²) in [4.78, 5) is 24.2. The molecule has 0 aliphatic heterocycles. The van der Waals surface area contributed by atoms with Crippen molar-refractivity contribution in [3.63, 3.8) is 0 Å². The number of Topliss-reactive ketones (excluding diaryl/α,β-unsaturated/α-hetero) is 1. The monoisotopic (exact) mass is 502 g/mol. The second kappa shape index (κ2) is 8.67. The van der Waals surface area contributed by atoms with Gasteiger partial charge in [-0.1, -0.05) is 58.4 Å². The van der Waals surface area contributed by atoms with E-state index in [0.29, 0.717) is 10.0 Å². The number of fused-ring (bicyclic) bond motifs is 1. The van der Waals surface area contributed by atoms with Crippen LogP contribution in [0, 0.1) is 6.92 Å². The number of hydrogen-bond acceptors (Lipinski definition) is 4. The summed E-state index contributed by atoms with van der Waals surface area (Å²) in [7, 11) is 0. The van der Waals surface area contributed by atoms with Gasteiger partial charge < -0.3 is 5.11 Å². The van der Waals surface area contributed by atoms with Gasteiger partial charge in [-0.25, -0.2) is 5.43 Å². The molecule has 0 saturated heterocycles. The van der Waals surface area contributed by atoms with Gasteiger partial charge in [-0.05, 0) is 50.8 Å². The summed E-state index contributed by atoms with van der Waals surface area (Å²) in [5, 5.41) is 16.0. The Kier molecular flexibility index (Phi) is 6.26. The Morgan fingerprint density at radius 3 is 2.57 bits per heavy atom. The molecule has 142 valence electrons. The topological polar surface area (TPSA) is 78.8 Å². The summed E-state index contributed by atoms with van der Waals surface area (Å²) >= 11 is 6.68. The van der Waals surface area contributed by atoms with Crippen molar-refractivity contribution in [1.29, 1.82) is 0 Å². The summed E-state index contributed by atoms with van der Waals surface area (Å²) in [6.45, 7) is 1.84. The van der Waals surface area contributed by atoms with Gasteiger partial charge in [0.05, 0.1) is 10.7 Å². The maximum absolute atomic E-state index is 12.2. The summed E-state index contributed by atoms with van der Waals surface area (Å²) < 4.78 is 1.30. The Balaban J connectivity index is 1.66. The van der Waals surface area contributed by atoms with E-state index in [2.05, 4.69) is 42.4 Å². The van der Waals surface area contributed by atoms with Gasteiger partial charge in [0.15, 0.2) is 0 Å². The Morgan fingerprint density at radius 1 is 1.11 bits per heavy atom. The van der Waals surface area contributed by atoms with Crippen LogP contribution in [0.25, 0.3) is 10.8 Å². The molecule has 0 heterocycles. The van der Waals surface area contributed by atoms with Gasteiger partial charge in [0.1, 0.15) is 5.75 Å². The molecule has 0 unspecified atom stereocenters. The molecule has 1 amide bonds. The summed E-state index contributed by atoms with van der Waals surface area (Å²) in [5.74, 6) is -1.40. The van der Waals surface area contributed by atoms with Gasteiger partial charge >= 0.3 is 5.91 Å². The van der Waals surface area contributed by atoms with Crippen molar-refractivity contribution in [2.45, 2.75) is 13.3 Å². The highest BCUT2D eigenvalue weighted by molar-refractivity contribution is 9.11. The molecule has 28 heavy (non-hydrogen) atoms. The number of halogens is 2. The highest BCUT2D eigenvalue weighted by Crippen LogP contribution is 2.35. The number of amides is 1. The van der Waals surface area contributed by atoms with Gasteiger partial charge in [-0.3, -0.25) is 9.59 Å². The van der Waals surface area contributed by atoms with Crippen molar-refractivity contribution in [3.05, 3.63) is 74.2 Å². The van der Waals surface area contributed by atoms with Crippen LogP contribution in [0.5, 0.6) is 5.75 Å². The number of phenolic OH excluding ortho intramolecular Hbond substituents is 1. The highest BCUT2D eigenvalue weighted by atomic mass is 79.9. The predicted octanol–water partition coefficient (Wildman–Crippen LogP) is 4.64. The average Bonchev–Trinajstić information content (AvgIpc) is 2.69. The molecule has 7 heteroatoms. The second-order valence-corrected chi connectivity index (χ2v) is 7.86. The third kappa shape index (κ3) is 4.48. The normalized spacial score (nSPS) is 11.1. The lowest BCUT2D eigenvalue weighted by Gasteiger charge is -2.07. The first-order valence-electron chi connectivity index (χ1n) is 8.38. The molecule has 0 atom stereocenters. The first kappa shape index (κ1) is 20.2. The number of hydrogen-bond donors (Lipinski definition) is 2. The smallest absolute Gasteiger partial charge is 0.307 e. The lowest BCUT2D eigenvalue weighted by atomic mass is 10.0. The molecule has 3 aromatic rings. The molecular formula is C21H16Br2N2O3. The Bertz CT molecular complexity index is 1110. The fourth-order valence-corrected chi connectivity index (χ4v) is 3.81. The fraction of sp³-hybridized carbons (Fsp3) is 0.0952. The first-order chi connectivity index (χ1) is 13.4. The Morgan fingerprint density at radius 2 is 1.82 bits per heavy atom. The lowest BCUT2D eigenvalue weighted by Crippen LogP contribution is -2.28. The van der Waals surface area contributed by atoms with Gasteiger partial charge in [0, 0.05) is 16.5 Å². The number of nitrogens with one attached hydrogen (secondary N) is 1. The molecule has 0 spiro atoms. The zero-order valence-corrected chi connectivity index (χ0v) is 18.0. The van der Waals surface area contributed by atoms with E-state index in [1.165, 1.54) is 6.21 Å². The molecule has 3 rings (SSSR count). The summed E-state index contributed by atoms with van der Waals surface area (Å²) in [5.41, 5.74) is 4.20. The van der Waals surface area contributed by atoms with Crippen LogP contribution >= 0.6 is 31.9 Å². The summed E-state index contributed by atoms with van der Waals surface area (Å²) in [6, 6.07) is 15.1. The van der Waals surface area contributed by atoms with Crippen molar-refractivity contribution in [1.82, 2.24) is 5.43 Å². The summed E-state index contributed by atoms with van der Waals surface area (Å²) in [6.07, 6.45) is 1.27. The predicted molar refractivity (Wildman–Crippen MR) is 117 cm³/mol. The highest BCUT2D eigenvalue weighted by Gasteiger charge is 2.14. The van der Waals surface area contributed by atoms with E-state index in [1.54, 1.807) is 6.07 Å². The molecule has 5 nitrogen and oxygen atoms in total. The Labute approximate surface area is 178 Å². The third-order valence-electron chi connectivity index (χ3n) is 4.25. The van der Waals surface area contributed by atoms with Crippen LogP contribution in [0.3, 0.4) is 0 Å². The third-order valence-corrected chi connectivity index (χ3v) is 6.05. The molecule has 0 radical (unpaired) electrons. The number of aromatic hydroxyl groups is 1. The van der Waals surface area contributed by atoms with Crippen molar-refractivity contribution < 1.29 is 14.7 Å². The molecule has 2 N–H and O–H groups in total. The van der Waals surface area contributed by atoms with Crippen LogP contribution in [-0.4, -0.2) is 23.0 Å². The van der Waals surface area contributed by atoms with E-state index in [0.717, 1.165) is 26.4 Å². The van der Waals surface area contributed by atoms with Crippen LogP contribution in [0.15, 0.2) is 62.6 Å². The number of phenols is 1.